The number of para-hydroxylation sites is 1. The van der Waals surface area contributed by atoms with E-state index in [0.29, 0.717) is 29.3 Å². The number of halogens is 3. The highest BCUT2D eigenvalue weighted by Gasteiger charge is 2.22. The summed E-state index contributed by atoms with van der Waals surface area (Å²) in [7, 11) is 0. The fourth-order valence-electron chi connectivity index (χ4n) is 4.90. The molecule has 4 nitrogen and oxygen atoms in total. The summed E-state index contributed by atoms with van der Waals surface area (Å²) >= 11 is 0. The van der Waals surface area contributed by atoms with Crippen LogP contribution in [-0.4, -0.2) is 9.55 Å². The molecule has 178 valence electrons. The summed E-state index contributed by atoms with van der Waals surface area (Å²) in [6.07, 6.45) is 5.69. The van der Waals surface area contributed by atoms with E-state index in [9.17, 15) is 18.4 Å². The van der Waals surface area contributed by atoms with Crippen LogP contribution in [0.2, 0.25) is 0 Å². The molecule has 0 atom stereocenters. The van der Waals surface area contributed by atoms with Gasteiger partial charge in [0.25, 0.3) is 0 Å². The zero-order chi connectivity index (χ0) is 24.4. The molecule has 0 amide bonds. The summed E-state index contributed by atoms with van der Waals surface area (Å²) in [6, 6.07) is 15.9. The van der Waals surface area contributed by atoms with Gasteiger partial charge in [-0.3, -0.25) is 0 Å². The van der Waals surface area contributed by atoms with Crippen molar-refractivity contribution in [1.29, 1.82) is 5.26 Å². The van der Waals surface area contributed by atoms with Crippen LogP contribution in [0.5, 0.6) is 5.75 Å². The maximum Gasteiger partial charge on any atom is 0.173 e. The van der Waals surface area contributed by atoms with E-state index >= 15 is 0 Å². The van der Waals surface area contributed by atoms with Gasteiger partial charge in [-0.1, -0.05) is 49.6 Å². The van der Waals surface area contributed by atoms with E-state index in [2.05, 4.69) is 0 Å². The van der Waals surface area contributed by atoms with Crippen molar-refractivity contribution in [1.82, 2.24) is 9.55 Å². The van der Waals surface area contributed by atoms with Gasteiger partial charge in [0.1, 0.15) is 18.5 Å². The molecule has 5 rings (SSSR count). The maximum absolute atomic E-state index is 14.3. The maximum atomic E-state index is 14.3. The fourth-order valence-corrected chi connectivity index (χ4v) is 4.90. The van der Waals surface area contributed by atoms with E-state index in [-0.39, 0.29) is 17.9 Å². The lowest BCUT2D eigenvalue weighted by molar-refractivity contribution is 0.289. The second-order valence-electron chi connectivity index (χ2n) is 8.98. The molecular weight excluding hydrogens is 451 g/mol. The average Bonchev–Trinajstić information content (AvgIpc) is 3.20. The van der Waals surface area contributed by atoms with Gasteiger partial charge in [0.2, 0.25) is 0 Å². The van der Waals surface area contributed by atoms with Crippen molar-refractivity contribution < 1.29 is 17.9 Å². The van der Waals surface area contributed by atoms with E-state index in [1.807, 2.05) is 34.9 Å². The van der Waals surface area contributed by atoms with Gasteiger partial charge in [0, 0.05) is 29.8 Å². The number of nitriles is 1. The summed E-state index contributed by atoms with van der Waals surface area (Å²) in [5, 5.41) is 9.32. The van der Waals surface area contributed by atoms with Crippen LogP contribution in [0.15, 0.2) is 54.6 Å². The predicted molar refractivity (Wildman–Crippen MR) is 127 cm³/mol. The number of imidazole rings is 1. The highest BCUT2D eigenvalue weighted by Crippen LogP contribution is 2.33. The van der Waals surface area contributed by atoms with Crippen LogP contribution in [0.4, 0.5) is 13.2 Å². The summed E-state index contributed by atoms with van der Waals surface area (Å²) in [6.45, 7) is 0.652. The molecule has 0 radical (unpaired) electrons. The third-order valence-corrected chi connectivity index (χ3v) is 6.67. The molecule has 7 heteroatoms. The van der Waals surface area contributed by atoms with Gasteiger partial charge in [-0.15, -0.1) is 0 Å². The molecule has 0 saturated heterocycles. The van der Waals surface area contributed by atoms with E-state index in [1.165, 1.54) is 30.7 Å². The molecule has 0 spiro atoms. The molecule has 35 heavy (non-hydrogen) atoms. The molecule has 1 aromatic heterocycles. The smallest absolute Gasteiger partial charge is 0.173 e. The Balaban J connectivity index is 1.57. The summed E-state index contributed by atoms with van der Waals surface area (Å²) in [5.41, 5.74) is 2.49. The number of hydrogen-bond acceptors (Lipinski definition) is 3. The number of benzene rings is 3. The van der Waals surface area contributed by atoms with E-state index in [0.717, 1.165) is 42.9 Å². The quantitative estimate of drug-likeness (QED) is 0.298. The molecule has 1 heterocycles. The van der Waals surface area contributed by atoms with E-state index < -0.39 is 17.5 Å². The minimum absolute atomic E-state index is 0.00113. The SMILES string of the molecule is N#Cc1cccc(F)c1OCc1ccccc1-c1nc2cc(F)c(F)cc2n1CC1CCCCC1. The summed E-state index contributed by atoms with van der Waals surface area (Å²) < 4.78 is 50.3. The van der Waals surface area contributed by atoms with Crippen molar-refractivity contribution in [3.05, 3.63) is 83.2 Å². The van der Waals surface area contributed by atoms with Crippen LogP contribution in [0.1, 0.15) is 43.2 Å². The molecule has 1 saturated carbocycles. The molecule has 0 aliphatic heterocycles. The Bertz CT molecular complexity index is 1420. The zero-order valence-electron chi connectivity index (χ0n) is 19.1. The van der Waals surface area contributed by atoms with Crippen LogP contribution < -0.4 is 4.74 Å². The lowest BCUT2D eigenvalue weighted by atomic mass is 9.89. The first-order chi connectivity index (χ1) is 17.0. The van der Waals surface area contributed by atoms with Gasteiger partial charge in [0.15, 0.2) is 23.2 Å². The first kappa shape index (κ1) is 23.0. The van der Waals surface area contributed by atoms with Crippen molar-refractivity contribution in [2.45, 2.75) is 45.3 Å². The number of hydrogen-bond donors (Lipinski definition) is 0. The van der Waals surface area contributed by atoms with Crippen LogP contribution in [-0.2, 0) is 13.2 Å². The van der Waals surface area contributed by atoms with Crippen LogP contribution >= 0.6 is 0 Å². The minimum atomic E-state index is -0.938. The van der Waals surface area contributed by atoms with Crippen molar-refractivity contribution in [3.8, 4) is 23.2 Å². The van der Waals surface area contributed by atoms with Gasteiger partial charge < -0.3 is 9.30 Å². The Morgan fingerprint density at radius 1 is 0.943 bits per heavy atom. The summed E-state index contributed by atoms with van der Waals surface area (Å²) in [4.78, 5) is 4.69. The lowest BCUT2D eigenvalue weighted by Gasteiger charge is -2.23. The van der Waals surface area contributed by atoms with Crippen LogP contribution in [0.3, 0.4) is 0 Å². The minimum Gasteiger partial charge on any atom is -0.484 e. The van der Waals surface area contributed by atoms with Gasteiger partial charge >= 0.3 is 0 Å². The molecule has 3 aromatic carbocycles. The molecule has 4 aromatic rings. The lowest BCUT2D eigenvalue weighted by Crippen LogP contribution is -2.15. The standard InChI is InChI=1S/C28H24F3N3O/c29-22-12-6-10-19(15-32)27(22)35-17-20-9-4-5-11-21(20)28-33-25-13-23(30)24(31)14-26(25)34(28)16-18-7-2-1-3-8-18/h4-6,9-14,18H,1-3,7-8,16-17H2. The highest BCUT2D eigenvalue weighted by atomic mass is 19.2. The molecule has 1 aliphatic rings. The molecular formula is C28H24F3N3O. The number of nitrogens with zero attached hydrogens (tertiary/aromatic N) is 3. The first-order valence-electron chi connectivity index (χ1n) is 11.8. The highest BCUT2D eigenvalue weighted by molar-refractivity contribution is 5.81. The molecule has 1 aliphatic carbocycles. The van der Waals surface area contributed by atoms with E-state index in [1.54, 1.807) is 0 Å². The molecule has 0 bridgehead atoms. The van der Waals surface area contributed by atoms with Gasteiger partial charge in [0.05, 0.1) is 16.6 Å². The van der Waals surface area contributed by atoms with Crippen LogP contribution in [0, 0.1) is 34.7 Å². The van der Waals surface area contributed by atoms with E-state index in [4.69, 9.17) is 9.72 Å². The third-order valence-electron chi connectivity index (χ3n) is 6.67. The van der Waals surface area contributed by atoms with Gasteiger partial charge in [-0.05, 0) is 30.9 Å². The third kappa shape index (κ3) is 4.61. The van der Waals surface area contributed by atoms with Crippen molar-refractivity contribution in [2.75, 3.05) is 0 Å². The fraction of sp³-hybridized carbons (Fsp3) is 0.286. The predicted octanol–water partition coefficient (Wildman–Crippen LogP) is 7.15. The van der Waals surface area contributed by atoms with Crippen molar-refractivity contribution in [2.24, 2.45) is 5.92 Å². The van der Waals surface area contributed by atoms with Crippen molar-refractivity contribution >= 4 is 11.0 Å². The molecule has 0 N–H and O–H groups in total. The number of rotatable bonds is 6. The Labute approximate surface area is 201 Å². The molecule has 0 unspecified atom stereocenters. The summed E-state index contributed by atoms with van der Waals surface area (Å²) in [5.74, 6) is -1.56. The number of aromatic nitrogens is 2. The average molecular weight is 476 g/mol. The van der Waals surface area contributed by atoms with Gasteiger partial charge in [-0.25, -0.2) is 18.2 Å². The second-order valence-corrected chi connectivity index (χ2v) is 8.98. The van der Waals surface area contributed by atoms with Gasteiger partial charge in [-0.2, -0.15) is 5.26 Å². The Hall–Kier alpha value is -3.79. The topological polar surface area (TPSA) is 50.8 Å². The largest absolute Gasteiger partial charge is 0.484 e. The van der Waals surface area contributed by atoms with Crippen LogP contribution in [0.25, 0.3) is 22.4 Å². The normalized spacial score (nSPS) is 14.2. The monoisotopic (exact) mass is 475 g/mol. The zero-order valence-corrected chi connectivity index (χ0v) is 19.1. The molecule has 1 fully saturated rings. The Kier molecular flexibility index (Phi) is 6.45. The number of ether oxygens (including phenoxy) is 1. The Morgan fingerprint density at radius 2 is 1.71 bits per heavy atom. The Morgan fingerprint density at radius 3 is 2.51 bits per heavy atom. The first-order valence-corrected chi connectivity index (χ1v) is 11.8. The number of fused-ring (bicyclic) bond motifs is 1. The second kappa shape index (κ2) is 9.83. The van der Waals surface area contributed by atoms with Crippen molar-refractivity contribution in [3.63, 3.8) is 0 Å².